The molecule has 12 heavy (non-hydrogen) atoms. The van der Waals surface area contributed by atoms with Crippen molar-refractivity contribution in [3.63, 3.8) is 0 Å². The van der Waals surface area contributed by atoms with Crippen molar-refractivity contribution >= 4 is 0 Å². The van der Waals surface area contributed by atoms with Crippen LogP contribution in [-0.4, -0.2) is 17.1 Å². The summed E-state index contributed by atoms with van der Waals surface area (Å²) in [5.74, 6) is 1.28. The van der Waals surface area contributed by atoms with E-state index in [4.69, 9.17) is 10.5 Å². The topological polar surface area (TPSA) is 61.0 Å². The van der Waals surface area contributed by atoms with E-state index in [-0.39, 0.29) is 0 Å². The summed E-state index contributed by atoms with van der Waals surface area (Å²) in [4.78, 5) is 7.81. The van der Waals surface area contributed by atoms with Gasteiger partial charge in [0.05, 0.1) is 26.0 Å². The predicted molar refractivity (Wildman–Crippen MR) is 47.8 cm³/mol. The van der Waals surface area contributed by atoms with Gasteiger partial charge in [-0.25, -0.2) is 9.97 Å². The van der Waals surface area contributed by atoms with Gasteiger partial charge in [0.25, 0.3) is 0 Å². The Morgan fingerprint density at radius 3 is 2.17 bits per heavy atom. The molecule has 1 rings (SSSR count). The Hall–Kier alpha value is -1.16. The number of ether oxygens (including phenoxy) is 1. The number of hydrogen-bond donors (Lipinski definition) is 1. The van der Waals surface area contributed by atoms with Crippen LogP contribution in [0.15, 0.2) is 12.4 Å². The molecule has 4 nitrogen and oxygen atoms in total. The SMILES string of the molecule is CC.COc1cnc(CN)nc1. The summed E-state index contributed by atoms with van der Waals surface area (Å²) in [6.07, 6.45) is 3.18. The van der Waals surface area contributed by atoms with E-state index < -0.39 is 0 Å². The highest BCUT2D eigenvalue weighted by molar-refractivity contribution is 5.11. The molecular weight excluding hydrogens is 154 g/mol. The lowest BCUT2D eigenvalue weighted by molar-refractivity contribution is 0.410. The molecular formula is C8H15N3O. The monoisotopic (exact) mass is 169 g/mol. The van der Waals surface area contributed by atoms with Gasteiger partial charge in [0, 0.05) is 0 Å². The fraction of sp³-hybridized carbons (Fsp3) is 0.500. The zero-order valence-corrected chi connectivity index (χ0v) is 7.74. The minimum atomic E-state index is 0.365. The quantitative estimate of drug-likeness (QED) is 0.716. The molecule has 0 amide bonds. The fourth-order valence-corrected chi connectivity index (χ4v) is 0.554. The van der Waals surface area contributed by atoms with E-state index in [1.807, 2.05) is 13.8 Å². The second-order valence-corrected chi connectivity index (χ2v) is 1.74. The lowest BCUT2D eigenvalue weighted by Crippen LogP contribution is -2.02. The molecule has 1 aromatic heterocycles. The Morgan fingerprint density at radius 2 is 1.83 bits per heavy atom. The smallest absolute Gasteiger partial charge is 0.155 e. The zero-order chi connectivity index (χ0) is 9.40. The van der Waals surface area contributed by atoms with Gasteiger partial charge in [0.1, 0.15) is 5.82 Å². The molecule has 0 aliphatic carbocycles. The van der Waals surface area contributed by atoms with Crippen LogP contribution < -0.4 is 10.5 Å². The summed E-state index contributed by atoms with van der Waals surface area (Å²) in [6, 6.07) is 0. The average Bonchev–Trinajstić information content (AvgIpc) is 2.21. The van der Waals surface area contributed by atoms with E-state index >= 15 is 0 Å². The highest BCUT2D eigenvalue weighted by atomic mass is 16.5. The Labute approximate surface area is 72.8 Å². The van der Waals surface area contributed by atoms with Crippen LogP contribution in [0, 0.1) is 0 Å². The van der Waals surface area contributed by atoms with Crippen LogP contribution in [-0.2, 0) is 6.54 Å². The zero-order valence-electron chi connectivity index (χ0n) is 7.74. The van der Waals surface area contributed by atoms with Crippen LogP contribution in [0.2, 0.25) is 0 Å². The average molecular weight is 169 g/mol. The molecule has 0 saturated heterocycles. The molecule has 2 N–H and O–H groups in total. The van der Waals surface area contributed by atoms with Crippen LogP contribution >= 0.6 is 0 Å². The van der Waals surface area contributed by atoms with Gasteiger partial charge in [0.2, 0.25) is 0 Å². The summed E-state index contributed by atoms with van der Waals surface area (Å²) in [7, 11) is 1.57. The lowest BCUT2D eigenvalue weighted by atomic mass is 10.5. The molecule has 0 unspecified atom stereocenters. The highest BCUT2D eigenvalue weighted by Gasteiger charge is 1.92. The van der Waals surface area contributed by atoms with Crippen molar-refractivity contribution in [2.24, 2.45) is 5.73 Å². The van der Waals surface area contributed by atoms with Crippen LogP contribution in [0.4, 0.5) is 0 Å². The van der Waals surface area contributed by atoms with Crippen molar-refractivity contribution in [1.29, 1.82) is 0 Å². The van der Waals surface area contributed by atoms with Gasteiger partial charge in [0.15, 0.2) is 5.75 Å². The van der Waals surface area contributed by atoms with Gasteiger partial charge < -0.3 is 10.5 Å². The number of methoxy groups -OCH3 is 1. The maximum Gasteiger partial charge on any atom is 0.155 e. The lowest BCUT2D eigenvalue weighted by Gasteiger charge is -1.97. The first-order valence-electron chi connectivity index (χ1n) is 3.92. The number of nitrogens with two attached hydrogens (primary N) is 1. The van der Waals surface area contributed by atoms with E-state index in [2.05, 4.69) is 9.97 Å². The Kier molecular flexibility index (Phi) is 5.91. The van der Waals surface area contributed by atoms with E-state index in [1.165, 1.54) is 0 Å². The first kappa shape index (κ1) is 10.8. The summed E-state index contributed by atoms with van der Waals surface area (Å²) in [6.45, 7) is 4.37. The van der Waals surface area contributed by atoms with Gasteiger partial charge >= 0.3 is 0 Å². The maximum absolute atomic E-state index is 5.28. The predicted octanol–water partition coefficient (Wildman–Crippen LogP) is 0.970. The van der Waals surface area contributed by atoms with E-state index in [0.717, 1.165) is 0 Å². The highest BCUT2D eigenvalue weighted by Crippen LogP contribution is 2.03. The molecule has 0 bridgehead atoms. The largest absolute Gasteiger partial charge is 0.494 e. The molecule has 1 heterocycles. The van der Waals surface area contributed by atoms with Crippen LogP contribution in [0.25, 0.3) is 0 Å². The van der Waals surface area contributed by atoms with Crippen molar-refractivity contribution < 1.29 is 4.74 Å². The maximum atomic E-state index is 5.28. The van der Waals surface area contributed by atoms with E-state index in [0.29, 0.717) is 18.1 Å². The van der Waals surface area contributed by atoms with Crippen LogP contribution in [0.3, 0.4) is 0 Å². The molecule has 0 aromatic carbocycles. The number of aromatic nitrogens is 2. The summed E-state index contributed by atoms with van der Waals surface area (Å²) in [5, 5.41) is 0. The molecule has 0 saturated carbocycles. The third-order valence-electron chi connectivity index (χ3n) is 1.10. The van der Waals surface area contributed by atoms with Gasteiger partial charge in [-0.1, -0.05) is 13.8 Å². The molecule has 4 heteroatoms. The molecule has 0 aliphatic rings. The van der Waals surface area contributed by atoms with Gasteiger partial charge in [-0.2, -0.15) is 0 Å². The summed E-state index contributed by atoms with van der Waals surface area (Å²) < 4.78 is 4.85. The van der Waals surface area contributed by atoms with Crippen LogP contribution in [0.1, 0.15) is 19.7 Å². The molecule has 0 spiro atoms. The van der Waals surface area contributed by atoms with Crippen molar-refractivity contribution in [3.8, 4) is 5.75 Å². The molecule has 0 aliphatic heterocycles. The van der Waals surface area contributed by atoms with Crippen molar-refractivity contribution in [1.82, 2.24) is 9.97 Å². The Morgan fingerprint density at radius 1 is 1.33 bits per heavy atom. The van der Waals surface area contributed by atoms with Gasteiger partial charge in [-0.15, -0.1) is 0 Å². The summed E-state index contributed by atoms with van der Waals surface area (Å²) in [5.41, 5.74) is 5.28. The standard InChI is InChI=1S/C6H9N3O.C2H6/c1-10-5-3-8-6(2-7)9-4-5;1-2/h3-4H,2,7H2,1H3;1-2H3. The Balaban J connectivity index is 0.000000561. The first-order valence-corrected chi connectivity index (χ1v) is 3.92. The normalized spacial score (nSPS) is 8.33. The minimum Gasteiger partial charge on any atom is -0.494 e. The van der Waals surface area contributed by atoms with E-state index in [9.17, 15) is 0 Å². The molecule has 0 radical (unpaired) electrons. The number of nitrogens with zero attached hydrogens (tertiary/aromatic N) is 2. The number of hydrogen-bond acceptors (Lipinski definition) is 4. The molecule has 0 atom stereocenters. The molecule has 68 valence electrons. The van der Waals surface area contributed by atoms with E-state index in [1.54, 1.807) is 19.5 Å². The first-order chi connectivity index (χ1) is 5.86. The second kappa shape index (κ2) is 6.54. The molecule has 0 fully saturated rings. The molecule has 1 aromatic rings. The minimum absolute atomic E-state index is 0.365. The van der Waals surface area contributed by atoms with Crippen molar-refractivity contribution in [2.75, 3.05) is 7.11 Å². The van der Waals surface area contributed by atoms with Crippen LogP contribution in [0.5, 0.6) is 5.75 Å². The summed E-state index contributed by atoms with van der Waals surface area (Å²) >= 11 is 0. The van der Waals surface area contributed by atoms with Crippen molar-refractivity contribution in [2.45, 2.75) is 20.4 Å². The third-order valence-corrected chi connectivity index (χ3v) is 1.10. The van der Waals surface area contributed by atoms with Gasteiger partial charge in [-0.3, -0.25) is 0 Å². The second-order valence-electron chi connectivity index (χ2n) is 1.74. The van der Waals surface area contributed by atoms with Gasteiger partial charge in [-0.05, 0) is 0 Å². The third kappa shape index (κ3) is 3.30. The Bertz CT molecular complexity index is 175. The number of rotatable bonds is 2. The fourth-order valence-electron chi connectivity index (χ4n) is 0.554. The van der Waals surface area contributed by atoms with Crippen molar-refractivity contribution in [3.05, 3.63) is 18.2 Å².